The minimum absolute atomic E-state index is 0.0833. The number of hydrogen-bond acceptors (Lipinski definition) is 1. The van der Waals surface area contributed by atoms with Crippen LogP contribution in [0.1, 0.15) is 25.7 Å². The van der Waals surface area contributed by atoms with E-state index >= 15 is 0 Å². The van der Waals surface area contributed by atoms with Gasteiger partial charge in [-0.3, -0.25) is 0 Å². The van der Waals surface area contributed by atoms with Gasteiger partial charge in [0.25, 0.3) is 5.92 Å². The van der Waals surface area contributed by atoms with E-state index in [9.17, 15) is 8.78 Å². The molecule has 2 unspecified atom stereocenters. The van der Waals surface area contributed by atoms with E-state index in [0.29, 0.717) is 0 Å². The van der Waals surface area contributed by atoms with Crippen molar-refractivity contribution in [1.82, 2.24) is 4.90 Å². The van der Waals surface area contributed by atoms with Crippen LogP contribution in [0.25, 0.3) is 0 Å². The van der Waals surface area contributed by atoms with Gasteiger partial charge in [-0.2, -0.15) is 0 Å². The van der Waals surface area contributed by atoms with Crippen molar-refractivity contribution < 1.29 is 8.78 Å². The van der Waals surface area contributed by atoms with Crippen LogP contribution in [0, 0.1) is 0 Å². The van der Waals surface area contributed by atoms with Crippen LogP contribution in [-0.2, 0) is 0 Å². The maximum Gasteiger partial charge on any atom is 0.251 e. The summed E-state index contributed by atoms with van der Waals surface area (Å²) in [5, 5.41) is 0. The third kappa shape index (κ3) is 1.15. The first-order valence-electron chi connectivity index (χ1n) is 4.18. The van der Waals surface area contributed by atoms with Crippen molar-refractivity contribution in [2.45, 2.75) is 43.7 Å². The van der Waals surface area contributed by atoms with Gasteiger partial charge in [-0.25, -0.2) is 8.78 Å². The number of nitrogens with zero attached hydrogens (tertiary/aromatic N) is 1. The standard InChI is InChI=1S/C8H13F2N/c1-11-6-2-3-7(11)5-8(9,10)4-6/h6-7H,2-5H2,1H3. The first-order chi connectivity index (χ1) is 5.08. The zero-order valence-electron chi connectivity index (χ0n) is 6.69. The van der Waals surface area contributed by atoms with Crippen molar-refractivity contribution in [1.29, 1.82) is 0 Å². The molecule has 2 bridgehead atoms. The topological polar surface area (TPSA) is 3.24 Å². The van der Waals surface area contributed by atoms with Gasteiger partial charge in [0.15, 0.2) is 0 Å². The summed E-state index contributed by atoms with van der Waals surface area (Å²) in [6.45, 7) is 0. The van der Waals surface area contributed by atoms with Gasteiger partial charge in [0.2, 0.25) is 0 Å². The highest BCUT2D eigenvalue weighted by atomic mass is 19.3. The zero-order valence-corrected chi connectivity index (χ0v) is 6.69. The fraction of sp³-hybridized carbons (Fsp3) is 1.00. The molecule has 0 aromatic heterocycles. The Morgan fingerprint density at radius 3 is 2.09 bits per heavy atom. The fourth-order valence-corrected chi connectivity index (χ4v) is 2.36. The van der Waals surface area contributed by atoms with E-state index in [4.69, 9.17) is 0 Å². The van der Waals surface area contributed by atoms with Crippen LogP contribution in [0.2, 0.25) is 0 Å². The van der Waals surface area contributed by atoms with Gasteiger partial charge in [-0.1, -0.05) is 0 Å². The third-order valence-corrected chi connectivity index (χ3v) is 3.05. The molecule has 2 aliphatic heterocycles. The second-order valence-electron chi connectivity index (χ2n) is 3.81. The highest BCUT2D eigenvalue weighted by Crippen LogP contribution is 2.42. The van der Waals surface area contributed by atoms with Crippen molar-refractivity contribution >= 4 is 0 Å². The molecule has 11 heavy (non-hydrogen) atoms. The number of alkyl halides is 2. The Morgan fingerprint density at radius 1 is 1.18 bits per heavy atom. The van der Waals surface area contributed by atoms with E-state index in [1.54, 1.807) is 0 Å². The molecule has 3 heteroatoms. The van der Waals surface area contributed by atoms with Crippen LogP contribution in [0.15, 0.2) is 0 Å². The van der Waals surface area contributed by atoms with Crippen LogP contribution in [0.4, 0.5) is 8.78 Å². The summed E-state index contributed by atoms with van der Waals surface area (Å²) in [5.41, 5.74) is 0. The quantitative estimate of drug-likeness (QED) is 0.524. The number of halogens is 2. The minimum Gasteiger partial charge on any atom is -0.300 e. The van der Waals surface area contributed by atoms with E-state index in [1.165, 1.54) is 0 Å². The highest BCUT2D eigenvalue weighted by Gasteiger charge is 2.47. The second-order valence-corrected chi connectivity index (χ2v) is 3.81. The normalized spacial score (nSPS) is 42.8. The van der Waals surface area contributed by atoms with E-state index in [-0.39, 0.29) is 24.9 Å². The first kappa shape index (κ1) is 7.47. The lowest BCUT2D eigenvalue weighted by Crippen LogP contribution is -2.44. The molecule has 2 aliphatic rings. The van der Waals surface area contributed by atoms with Crippen LogP contribution >= 0.6 is 0 Å². The number of hydrogen-bond donors (Lipinski definition) is 0. The lowest BCUT2D eigenvalue weighted by Gasteiger charge is -2.35. The molecule has 2 rings (SSSR count). The molecule has 0 spiro atoms. The van der Waals surface area contributed by atoms with Crippen LogP contribution in [-0.4, -0.2) is 30.0 Å². The Balaban J connectivity index is 2.14. The number of fused-ring (bicyclic) bond motifs is 2. The van der Waals surface area contributed by atoms with Gasteiger partial charge in [0.05, 0.1) is 0 Å². The molecule has 1 nitrogen and oxygen atoms in total. The van der Waals surface area contributed by atoms with Crippen molar-refractivity contribution in [2.75, 3.05) is 7.05 Å². The van der Waals surface area contributed by atoms with E-state index in [2.05, 4.69) is 4.90 Å². The molecule has 0 aliphatic carbocycles. The van der Waals surface area contributed by atoms with E-state index in [0.717, 1.165) is 12.8 Å². The monoisotopic (exact) mass is 161 g/mol. The molecule has 0 amide bonds. The van der Waals surface area contributed by atoms with Crippen LogP contribution < -0.4 is 0 Å². The molecule has 2 saturated heterocycles. The van der Waals surface area contributed by atoms with Gasteiger partial charge in [-0.15, -0.1) is 0 Å². The highest BCUT2D eigenvalue weighted by molar-refractivity contribution is 4.96. The second kappa shape index (κ2) is 2.16. The summed E-state index contributed by atoms with van der Waals surface area (Å²) in [6, 6.07) is 0.312. The maximum atomic E-state index is 12.9. The molecule has 2 atom stereocenters. The van der Waals surface area contributed by atoms with Crippen LogP contribution in [0.3, 0.4) is 0 Å². The van der Waals surface area contributed by atoms with Crippen LogP contribution in [0.5, 0.6) is 0 Å². The van der Waals surface area contributed by atoms with Crippen molar-refractivity contribution in [3.05, 3.63) is 0 Å². The zero-order chi connectivity index (χ0) is 8.06. The molecule has 0 N–H and O–H groups in total. The van der Waals surface area contributed by atoms with Gasteiger partial charge >= 0.3 is 0 Å². The first-order valence-corrected chi connectivity index (χ1v) is 4.18. The predicted molar refractivity (Wildman–Crippen MR) is 38.8 cm³/mol. The Morgan fingerprint density at radius 2 is 1.64 bits per heavy atom. The average Bonchev–Trinajstić information content (AvgIpc) is 2.19. The summed E-state index contributed by atoms with van der Waals surface area (Å²) in [5.74, 6) is -2.38. The van der Waals surface area contributed by atoms with Crippen molar-refractivity contribution in [3.8, 4) is 0 Å². The fourth-order valence-electron chi connectivity index (χ4n) is 2.36. The third-order valence-electron chi connectivity index (χ3n) is 3.05. The molecule has 64 valence electrons. The SMILES string of the molecule is CN1C2CCC1CC(F)(F)C2. The Kier molecular flexibility index (Phi) is 1.46. The largest absolute Gasteiger partial charge is 0.300 e. The summed E-state index contributed by atoms with van der Waals surface area (Å²) in [6.07, 6.45) is 2.10. The Bertz CT molecular complexity index is 153. The summed E-state index contributed by atoms with van der Waals surface area (Å²) < 4.78 is 25.8. The molecule has 0 radical (unpaired) electrons. The van der Waals surface area contributed by atoms with E-state index < -0.39 is 5.92 Å². The van der Waals surface area contributed by atoms with Gasteiger partial charge < -0.3 is 4.90 Å². The lowest BCUT2D eigenvalue weighted by atomic mass is 10.00. The van der Waals surface area contributed by atoms with E-state index in [1.807, 2.05) is 7.05 Å². The summed E-state index contributed by atoms with van der Waals surface area (Å²) in [4.78, 5) is 2.12. The summed E-state index contributed by atoms with van der Waals surface area (Å²) >= 11 is 0. The maximum absolute atomic E-state index is 12.9. The van der Waals surface area contributed by atoms with Crippen molar-refractivity contribution in [3.63, 3.8) is 0 Å². The molecule has 2 heterocycles. The average molecular weight is 161 g/mol. The minimum atomic E-state index is -2.38. The Hall–Kier alpha value is -0.180. The number of rotatable bonds is 0. The Labute approximate surface area is 65.4 Å². The number of piperidine rings is 1. The predicted octanol–water partition coefficient (Wildman–Crippen LogP) is 1.88. The summed E-state index contributed by atoms with van der Waals surface area (Å²) in [7, 11) is 1.97. The molecular formula is C8H13F2N. The molecular weight excluding hydrogens is 148 g/mol. The van der Waals surface area contributed by atoms with Gasteiger partial charge in [0, 0.05) is 24.9 Å². The van der Waals surface area contributed by atoms with Crippen molar-refractivity contribution in [2.24, 2.45) is 0 Å². The molecule has 0 aromatic carbocycles. The van der Waals surface area contributed by atoms with Gasteiger partial charge in [0.1, 0.15) is 0 Å². The smallest absolute Gasteiger partial charge is 0.251 e. The molecule has 0 saturated carbocycles. The van der Waals surface area contributed by atoms with Gasteiger partial charge in [-0.05, 0) is 19.9 Å². The molecule has 2 fully saturated rings. The molecule has 0 aromatic rings. The lowest BCUT2D eigenvalue weighted by molar-refractivity contribution is -0.0763.